The normalized spacial score (nSPS) is 21.1. The number of hydrogen-bond acceptors (Lipinski definition) is 4. The van der Waals surface area contributed by atoms with Crippen LogP contribution in [0.1, 0.15) is 26.7 Å². The molecule has 6 heteroatoms. The fourth-order valence-corrected chi connectivity index (χ4v) is 3.73. The molecule has 0 bridgehead atoms. The second-order valence-electron chi connectivity index (χ2n) is 4.97. The summed E-state index contributed by atoms with van der Waals surface area (Å²) in [6.07, 6.45) is 1.80. The monoisotopic (exact) mass is 277 g/mol. The van der Waals surface area contributed by atoms with Crippen molar-refractivity contribution < 1.29 is 8.42 Å². The maximum atomic E-state index is 12.1. The summed E-state index contributed by atoms with van der Waals surface area (Å²) in [4.78, 5) is 2.37. The van der Waals surface area contributed by atoms with Crippen molar-refractivity contribution in [3.05, 3.63) is 0 Å². The van der Waals surface area contributed by atoms with E-state index in [1.54, 1.807) is 4.31 Å². The summed E-state index contributed by atoms with van der Waals surface area (Å²) in [6, 6.07) is 0.555. The van der Waals surface area contributed by atoms with Gasteiger partial charge in [0.05, 0.1) is 5.75 Å². The van der Waals surface area contributed by atoms with Crippen molar-refractivity contribution in [1.82, 2.24) is 14.5 Å². The van der Waals surface area contributed by atoms with Gasteiger partial charge in [-0.25, -0.2) is 8.42 Å². The number of rotatable bonds is 7. The molecule has 0 aromatic heterocycles. The zero-order chi connectivity index (χ0) is 13.6. The number of sulfonamides is 1. The van der Waals surface area contributed by atoms with E-state index in [1.165, 1.54) is 0 Å². The van der Waals surface area contributed by atoms with E-state index in [-0.39, 0.29) is 5.75 Å². The summed E-state index contributed by atoms with van der Waals surface area (Å²) in [5.74, 6) is 0.261. The molecule has 1 fully saturated rings. The molecule has 0 aromatic rings. The van der Waals surface area contributed by atoms with Crippen LogP contribution in [0.25, 0.3) is 0 Å². The van der Waals surface area contributed by atoms with Crippen LogP contribution in [-0.2, 0) is 10.0 Å². The smallest absolute Gasteiger partial charge is 0.214 e. The molecule has 1 unspecified atom stereocenters. The predicted molar refractivity (Wildman–Crippen MR) is 75.2 cm³/mol. The van der Waals surface area contributed by atoms with Gasteiger partial charge in [-0.05, 0) is 33.4 Å². The maximum absolute atomic E-state index is 12.1. The molecule has 5 nitrogen and oxygen atoms in total. The standard InChI is InChI=1S/C12H27N3O2S/c1-4-12(2)14-7-9-15(10-8-14)18(16,17)11-5-6-13-3/h12-13H,4-11H2,1-3H3. The van der Waals surface area contributed by atoms with E-state index in [4.69, 9.17) is 0 Å². The third kappa shape index (κ3) is 4.50. The average molecular weight is 277 g/mol. The number of nitrogens with one attached hydrogen (secondary N) is 1. The summed E-state index contributed by atoms with van der Waals surface area (Å²) in [6.45, 7) is 8.15. The molecule has 1 atom stereocenters. The van der Waals surface area contributed by atoms with Gasteiger partial charge in [-0.15, -0.1) is 0 Å². The molecule has 1 saturated heterocycles. The lowest BCUT2D eigenvalue weighted by molar-refractivity contribution is 0.142. The zero-order valence-electron chi connectivity index (χ0n) is 11.9. The van der Waals surface area contributed by atoms with Crippen LogP contribution in [-0.4, -0.2) is 69.2 Å². The molecule has 0 aromatic carbocycles. The molecule has 18 heavy (non-hydrogen) atoms. The van der Waals surface area contributed by atoms with E-state index in [1.807, 2.05) is 7.05 Å². The van der Waals surface area contributed by atoms with E-state index in [0.29, 0.717) is 25.6 Å². The minimum absolute atomic E-state index is 0.261. The third-order valence-corrected chi connectivity index (χ3v) is 5.67. The van der Waals surface area contributed by atoms with Gasteiger partial charge in [-0.3, -0.25) is 4.90 Å². The molecule has 0 spiro atoms. The molecule has 1 N–H and O–H groups in total. The minimum atomic E-state index is -3.04. The van der Waals surface area contributed by atoms with E-state index in [2.05, 4.69) is 24.1 Å². The number of hydrogen-bond donors (Lipinski definition) is 1. The van der Waals surface area contributed by atoms with Crippen LogP contribution < -0.4 is 5.32 Å². The molecule has 108 valence electrons. The van der Waals surface area contributed by atoms with Gasteiger partial charge in [0.15, 0.2) is 0 Å². The second kappa shape index (κ2) is 7.43. The first-order chi connectivity index (χ1) is 8.51. The van der Waals surface area contributed by atoms with Crippen molar-refractivity contribution in [2.75, 3.05) is 45.5 Å². The first kappa shape index (κ1) is 15.9. The van der Waals surface area contributed by atoms with Crippen LogP contribution in [0.3, 0.4) is 0 Å². The molecule has 1 aliphatic rings. The lowest BCUT2D eigenvalue weighted by atomic mass is 10.2. The summed E-state index contributed by atoms with van der Waals surface area (Å²) >= 11 is 0. The van der Waals surface area contributed by atoms with Crippen LogP contribution in [0.15, 0.2) is 0 Å². The van der Waals surface area contributed by atoms with Crippen LogP contribution in [0.2, 0.25) is 0 Å². The molecule has 0 saturated carbocycles. The molecule has 0 aliphatic carbocycles. The molecule has 1 rings (SSSR count). The minimum Gasteiger partial charge on any atom is -0.320 e. The Morgan fingerprint density at radius 3 is 2.33 bits per heavy atom. The molecule has 0 amide bonds. The Bertz CT molecular complexity index is 324. The van der Waals surface area contributed by atoms with Gasteiger partial charge in [-0.1, -0.05) is 6.92 Å². The predicted octanol–water partition coefficient (Wildman–Crippen LogP) is 0.342. The fourth-order valence-electron chi connectivity index (χ4n) is 2.24. The molecule has 1 aliphatic heterocycles. The van der Waals surface area contributed by atoms with E-state index < -0.39 is 10.0 Å². The zero-order valence-corrected chi connectivity index (χ0v) is 12.7. The van der Waals surface area contributed by atoms with Crippen molar-refractivity contribution in [3.8, 4) is 0 Å². The Kier molecular flexibility index (Phi) is 6.55. The van der Waals surface area contributed by atoms with E-state index in [9.17, 15) is 8.42 Å². The van der Waals surface area contributed by atoms with Crippen molar-refractivity contribution in [2.24, 2.45) is 0 Å². The van der Waals surface area contributed by atoms with Gasteiger partial charge in [0.25, 0.3) is 0 Å². The van der Waals surface area contributed by atoms with Gasteiger partial charge in [0, 0.05) is 32.2 Å². The van der Waals surface area contributed by atoms with Crippen LogP contribution in [0, 0.1) is 0 Å². The van der Waals surface area contributed by atoms with E-state index >= 15 is 0 Å². The first-order valence-corrected chi connectivity index (χ1v) is 8.48. The summed E-state index contributed by atoms with van der Waals surface area (Å²) in [5.41, 5.74) is 0. The average Bonchev–Trinajstić information content (AvgIpc) is 2.38. The van der Waals surface area contributed by atoms with Gasteiger partial charge in [0.1, 0.15) is 0 Å². The highest BCUT2D eigenvalue weighted by molar-refractivity contribution is 7.89. The maximum Gasteiger partial charge on any atom is 0.214 e. The van der Waals surface area contributed by atoms with Crippen molar-refractivity contribution in [1.29, 1.82) is 0 Å². The number of nitrogens with zero attached hydrogens (tertiary/aromatic N) is 2. The highest BCUT2D eigenvalue weighted by atomic mass is 32.2. The second-order valence-corrected chi connectivity index (χ2v) is 7.05. The summed E-state index contributed by atoms with van der Waals surface area (Å²) < 4.78 is 25.8. The molecule has 1 heterocycles. The van der Waals surface area contributed by atoms with Gasteiger partial charge >= 0.3 is 0 Å². The Hall–Kier alpha value is -0.170. The first-order valence-electron chi connectivity index (χ1n) is 6.87. The third-order valence-electron chi connectivity index (χ3n) is 3.71. The Morgan fingerprint density at radius 1 is 1.22 bits per heavy atom. The number of piperazine rings is 1. The van der Waals surface area contributed by atoms with Crippen LogP contribution >= 0.6 is 0 Å². The molecule has 0 radical (unpaired) electrons. The lowest BCUT2D eigenvalue weighted by Gasteiger charge is -2.37. The van der Waals surface area contributed by atoms with Crippen molar-refractivity contribution >= 4 is 10.0 Å². The summed E-state index contributed by atoms with van der Waals surface area (Å²) in [5, 5.41) is 2.98. The quantitative estimate of drug-likeness (QED) is 0.682. The van der Waals surface area contributed by atoms with Gasteiger partial charge in [0.2, 0.25) is 10.0 Å². The SMILES string of the molecule is CCC(C)N1CCN(S(=O)(=O)CCCNC)CC1. The fraction of sp³-hybridized carbons (Fsp3) is 1.00. The molecular weight excluding hydrogens is 250 g/mol. The lowest BCUT2D eigenvalue weighted by Crippen LogP contribution is -2.51. The van der Waals surface area contributed by atoms with Crippen LogP contribution in [0.4, 0.5) is 0 Å². The Labute approximate surface area is 112 Å². The van der Waals surface area contributed by atoms with Crippen LogP contribution in [0.5, 0.6) is 0 Å². The Morgan fingerprint density at radius 2 is 1.83 bits per heavy atom. The Balaban J connectivity index is 2.41. The van der Waals surface area contributed by atoms with Gasteiger partial charge < -0.3 is 5.32 Å². The largest absolute Gasteiger partial charge is 0.320 e. The van der Waals surface area contributed by atoms with Gasteiger partial charge in [-0.2, -0.15) is 4.31 Å². The molecular formula is C12H27N3O2S. The van der Waals surface area contributed by atoms with Crippen molar-refractivity contribution in [3.63, 3.8) is 0 Å². The van der Waals surface area contributed by atoms with Crippen molar-refractivity contribution in [2.45, 2.75) is 32.7 Å². The topological polar surface area (TPSA) is 52.7 Å². The van der Waals surface area contributed by atoms with E-state index in [0.717, 1.165) is 26.1 Å². The summed E-state index contributed by atoms with van der Waals surface area (Å²) in [7, 11) is -1.20. The highest BCUT2D eigenvalue weighted by Gasteiger charge is 2.27. The highest BCUT2D eigenvalue weighted by Crippen LogP contribution is 2.12.